The van der Waals surface area contributed by atoms with Crippen molar-refractivity contribution in [2.24, 2.45) is 0 Å². The van der Waals surface area contributed by atoms with Gasteiger partial charge in [-0.05, 0) is 49.0 Å². The van der Waals surface area contributed by atoms with E-state index in [0.29, 0.717) is 27.7 Å². The number of sulfonamides is 1. The Morgan fingerprint density at radius 2 is 1.88 bits per heavy atom. The molecule has 0 aliphatic carbocycles. The maximum absolute atomic E-state index is 13.2. The summed E-state index contributed by atoms with van der Waals surface area (Å²) in [6.45, 7) is 0.0834. The smallest absolute Gasteiger partial charge is 0.253 e. The summed E-state index contributed by atoms with van der Waals surface area (Å²) in [5.41, 5.74) is 2.08. The zero-order valence-electron chi connectivity index (χ0n) is 16.7. The van der Waals surface area contributed by atoms with E-state index in [1.807, 2.05) is 0 Å². The van der Waals surface area contributed by atoms with Crippen LogP contribution in [0.2, 0.25) is 5.02 Å². The highest BCUT2D eigenvalue weighted by atomic mass is 35.5. The summed E-state index contributed by atoms with van der Waals surface area (Å²) in [4.78, 5) is 17.0. The number of carbonyl (C=O) groups is 1. The fourth-order valence-electron chi connectivity index (χ4n) is 3.14. The summed E-state index contributed by atoms with van der Waals surface area (Å²) < 4.78 is 40.8. The van der Waals surface area contributed by atoms with Crippen LogP contribution in [0.25, 0.3) is 16.6 Å². The summed E-state index contributed by atoms with van der Waals surface area (Å²) in [5, 5.41) is 7.85. The van der Waals surface area contributed by atoms with E-state index in [1.165, 1.54) is 43.6 Å². The van der Waals surface area contributed by atoms with Gasteiger partial charge in [-0.2, -0.15) is 5.10 Å². The van der Waals surface area contributed by atoms with Crippen molar-refractivity contribution in [1.82, 2.24) is 24.8 Å². The maximum atomic E-state index is 13.2. The van der Waals surface area contributed by atoms with Crippen LogP contribution >= 0.6 is 11.6 Å². The quantitative estimate of drug-likeness (QED) is 0.447. The average molecular weight is 474 g/mol. The van der Waals surface area contributed by atoms with Crippen LogP contribution in [0.4, 0.5) is 4.39 Å². The van der Waals surface area contributed by atoms with Crippen LogP contribution in [0, 0.1) is 5.82 Å². The number of halogens is 2. The van der Waals surface area contributed by atoms with Crippen molar-refractivity contribution in [2.75, 3.05) is 7.05 Å². The Morgan fingerprint density at radius 3 is 2.56 bits per heavy atom. The first-order valence-electron chi connectivity index (χ1n) is 9.38. The van der Waals surface area contributed by atoms with Crippen molar-refractivity contribution >= 4 is 38.4 Å². The van der Waals surface area contributed by atoms with Crippen molar-refractivity contribution in [3.05, 3.63) is 83.0 Å². The Bertz CT molecular complexity index is 1420. The molecule has 2 N–H and O–H groups in total. The molecule has 8 nitrogen and oxygen atoms in total. The minimum atomic E-state index is -3.62. The molecule has 0 saturated carbocycles. The Morgan fingerprint density at radius 1 is 1.12 bits per heavy atom. The topological polar surface area (TPSA) is 106 Å². The van der Waals surface area contributed by atoms with Crippen LogP contribution in [0.5, 0.6) is 0 Å². The van der Waals surface area contributed by atoms with E-state index in [4.69, 9.17) is 11.6 Å². The van der Waals surface area contributed by atoms with Crippen LogP contribution in [-0.2, 0) is 16.6 Å². The largest absolute Gasteiger partial charge is 0.348 e. The zero-order valence-corrected chi connectivity index (χ0v) is 18.3. The van der Waals surface area contributed by atoms with Crippen LogP contribution < -0.4 is 10.0 Å². The highest BCUT2D eigenvalue weighted by Gasteiger charge is 2.17. The normalized spacial score (nSPS) is 11.6. The number of benzene rings is 2. The monoisotopic (exact) mass is 473 g/mol. The van der Waals surface area contributed by atoms with Gasteiger partial charge in [-0.1, -0.05) is 17.7 Å². The summed E-state index contributed by atoms with van der Waals surface area (Å²) in [6.07, 6.45) is 4.54. The molecule has 0 bridgehead atoms. The van der Waals surface area contributed by atoms with Gasteiger partial charge < -0.3 is 5.32 Å². The Balaban J connectivity index is 1.57. The minimum absolute atomic E-state index is 0.0299. The molecular weight excluding hydrogens is 457 g/mol. The fourth-order valence-corrected chi connectivity index (χ4v) is 4.21. The third-order valence-electron chi connectivity index (χ3n) is 4.86. The molecule has 2 aromatic heterocycles. The van der Waals surface area contributed by atoms with Crippen molar-refractivity contribution in [2.45, 2.75) is 11.4 Å². The third-order valence-corrected chi connectivity index (χ3v) is 6.62. The van der Waals surface area contributed by atoms with Gasteiger partial charge in [0.1, 0.15) is 5.82 Å². The zero-order chi connectivity index (χ0) is 22.9. The molecule has 0 radical (unpaired) electrons. The van der Waals surface area contributed by atoms with Gasteiger partial charge in [-0.15, -0.1) is 0 Å². The highest BCUT2D eigenvalue weighted by Crippen LogP contribution is 2.23. The molecule has 4 aromatic rings. The molecule has 2 heterocycles. The van der Waals surface area contributed by atoms with E-state index in [-0.39, 0.29) is 22.3 Å². The van der Waals surface area contributed by atoms with Crippen molar-refractivity contribution in [3.8, 4) is 5.69 Å². The van der Waals surface area contributed by atoms with Gasteiger partial charge in [-0.25, -0.2) is 22.2 Å². The summed E-state index contributed by atoms with van der Waals surface area (Å²) in [7, 11) is -2.31. The number of hydrogen-bond acceptors (Lipinski definition) is 5. The molecule has 0 saturated heterocycles. The van der Waals surface area contributed by atoms with Gasteiger partial charge in [0.25, 0.3) is 5.91 Å². The molecule has 0 aliphatic heterocycles. The fraction of sp³-hybridized carbons (Fsp3) is 0.0952. The van der Waals surface area contributed by atoms with E-state index in [2.05, 4.69) is 20.1 Å². The van der Waals surface area contributed by atoms with Gasteiger partial charge in [0.15, 0.2) is 0 Å². The highest BCUT2D eigenvalue weighted by molar-refractivity contribution is 7.89. The lowest BCUT2D eigenvalue weighted by molar-refractivity contribution is 0.0952. The summed E-state index contributed by atoms with van der Waals surface area (Å²) in [5.74, 6) is -0.761. The predicted molar refractivity (Wildman–Crippen MR) is 118 cm³/mol. The second-order valence-corrected chi connectivity index (χ2v) is 9.09. The molecule has 2 aromatic carbocycles. The second-order valence-electron chi connectivity index (χ2n) is 6.80. The Kier molecular flexibility index (Phi) is 5.92. The lowest BCUT2D eigenvalue weighted by Crippen LogP contribution is -2.23. The van der Waals surface area contributed by atoms with E-state index < -0.39 is 15.9 Å². The first-order valence-corrected chi connectivity index (χ1v) is 11.2. The van der Waals surface area contributed by atoms with Gasteiger partial charge in [-0.3, -0.25) is 9.78 Å². The third kappa shape index (κ3) is 4.20. The van der Waals surface area contributed by atoms with Crippen molar-refractivity contribution in [1.29, 1.82) is 0 Å². The summed E-state index contributed by atoms with van der Waals surface area (Å²) >= 11 is 6.20. The molecule has 0 spiro atoms. The Hall–Kier alpha value is -3.34. The van der Waals surface area contributed by atoms with Crippen molar-refractivity contribution < 1.29 is 17.6 Å². The van der Waals surface area contributed by atoms with E-state index in [1.54, 1.807) is 29.2 Å². The van der Waals surface area contributed by atoms with Crippen LogP contribution in [0.1, 0.15) is 15.9 Å². The summed E-state index contributed by atoms with van der Waals surface area (Å²) in [6, 6.07) is 10.1. The molecular formula is C21H17ClFN5O3S. The van der Waals surface area contributed by atoms with Gasteiger partial charge >= 0.3 is 0 Å². The van der Waals surface area contributed by atoms with Crippen LogP contribution in [-0.4, -0.2) is 36.1 Å². The number of carbonyl (C=O) groups excluding carboxylic acids is 1. The Labute approximate surface area is 188 Å². The first-order chi connectivity index (χ1) is 15.3. The van der Waals surface area contributed by atoms with Gasteiger partial charge in [0.2, 0.25) is 10.0 Å². The van der Waals surface area contributed by atoms with E-state index >= 15 is 0 Å². The molecule has 1 amide bonds. The minimum Gasteiger partial charge on any atom is -0.348 e. The predicted octanol–water partition coefficient (Wildman–Crippen LogP) is 3.05. The number of nitrogens with one attached hydrogen (secondary N) is 2. The SMILES string of the molecule is CNS(=O)(=O)c1ccc(CNC(=O)c2cncc3c2cnn3-c2ccc(F)cc2)c(Cl)c1. The first kappa shape index (κ1) is 21.9. The van der Waals surface area contributed by atoms with Crippen LogP contribution in [0.15, 0.2) is 66.0 Å². The lowest BCUT2D eigenvalue weighted by Gasteiger charge is -2.10. The van der Waals surface area contributed by atoms with E-state index in [9.17, 15) is 17.6 Å². The maximum Gasteiger partial charge on any atom is 0.253 e. The molecule has 0 aliphatic rings. The molecule has 0 atom stereocenters. The van der Waals surface area contributed by atoms with Gasteiger partial charge in [0, 0.05) is 23.2 Å². The number of amides is 1. The number of fused-ring (bicyclic) bond motifs is 1. The average Bonchev–Trinajstić information content (AvgIpc) is 3.22. The molecule has 0 fully saturated rings. The molecule has 164 valence electrons. The second kappa shape index (κ2) is 8.65. The molecule has 11 heteroatoms. The number of hydrogen-bond donors (Lipinski definition) is 2. The number of nitrogens with zero attached hydrogens (tertiary/aromatic N) is 3. The number of aromatic nitrogens is 3. The molecule has 32 heavy (non-hydrogen) atoms. The molecule has 4 rings (SSSR count). The lowest BCUT2D eigenvalue weighted by atomic mass is 10.1. The standard InChI is InChI=1S/C21H17ClFN5O3S/c1-24-32(30,31)16-7-2-13(19(22)8-16)9-26-21(29)18-10-25-12-20-17(18)11-27-28(20)15-5-3-14(23)4-6-15/h2-8,10-12,24H,9H2,1H3,(H,26,29). The molecule has 0 unspecified atom stereocenters. The van der Waals surface area contributed by atoms with Gasteiger partial charge in [0.05, 0.1) is 34.1 Å². The van der Waals surface area contributed by atoms with Crippen LogP contribution in [0.3, 0.4) is 0 Å². The number of rotatable bonds is 6. The van der Waals surface area contributed by atoms with E-state index in [0.717, 1.165) is 0 Å². The number of pyridine rings is 1. The van der Waals surface area contributed by atoms with Crippen molar-refractivity contribution in [3.63, 3.8) is 0 Å².